The third-order valence-electron chi connectivity index (χ3n) is 6.80. The number of aliphatic carboxylic acids is 1. The highest BCUT2D eigenvalue weighted by atomic mass is 17.2. The summed E-state index contributed by atoms with van der Waals surface area (Å²) in [6.45, 7) is 17.9. The molecule has 3 aromatic carbocycles. The van der Waals surface area contributed by atoms with Crippen LogP contribution >= 0.6 is 0 Å². The molecule has 14 nitrogen and oxygen atoms in total. The maximum Gasteiger partial charge on any atom is 0.330 e. The van der Waals surface area contributed by atoms with E-state index in [0.29, 0.717) is 44.6 Å². The van der Waals surface area contributed by atoms with E-state index in [0.717, 1.165) is 29.0 Å². The Bertz CT molecular complexity index is 1740. The number of hydrogen-bond acceptors (Lipinski definition) is 13. The number of allylic oxidation sites excluding steroid dienone is 2. The molecule has 0 saturated heterocycles. The third kappa shape index (κ3) is 35.0. The average Bonchev–Trinajstić information content (AvgIpc) is 3.30. The number of carbonyl (C=O) groups excluding carboxylic acids is 5. The highest BCUT2D eigenvalue weighted by Crippen LogP contribution is 2.29. The van der Waals surface area contributed by atoms with E-state index < -0.39 is 17.9 Å². The zero-order valence-corrected chi connectivity index (χ0v) is 35.0. The molecule has 3 aromatic rings. The van der Waals surface area contributed by atoms with Gasteiger partial charge in [0.25, 0.3) is 0 Å². The van der Waals surface area contributed by atoms with Gasteiger partial charge in [0.1, 0.15) is 24.7 Å². The minimum Gasteiger partial charge on any atom is -0.493 e. The van der Waals surface area contributed by atoms with Crippen molar-refractivity contribution in [3.63, 3.8) is 0 Å². The summed E-state index contributed by atoms with van der Waals surface area (Å²) in [6, 6.07) is 27.3. The topological polar surface area (TPSA) is 187 Å². The molecular weight excluding hydrogens is 789 g/mol. The minimum absolute atomic E-state index is 0.0341. The van der Waals surface area contributed by atoms with Crippen molar-refractivity contribution in [2.24, 2.45) is 0 Å². The van der Waals surface area contributed by atoms with Gasteiger partial charge >= 0.3 is 17.9 Å². The summed E-state index contributed by atoms with van der Waals surface area (Å²) < 4.78 is 24.3. The number of methoxy groups -OCH3 is 2. The smallest absolute Gasteiger partial charge is 0.330 e. The van der Waals surface area contributed by atoms with Gasteiger partial charge in [0.15, 0.2) is 24.0 Å². The second-order valence-corrected chi connectivity index (χ2v) is 11.4. The van der Waals surface area contributed by atoms with Crippen molar-refractivity contribution in [2.75, 3.05) is 53.9 Å². The monoisotopic (exact) mass is 846 g/mol. The van der Waals surface area contributed by atoms with Crippen LogP contribution < -0.4 is 9.47 Å². The first kappa shape index (κ1) is 56.4. The lowest BCUT2D eigenvalue weighted by atomic mass is 10.1. The Morgan fingerprint density at radius 2 is 1.08 bits per heavy atom. The molecule has 0 radical (unpaired) electrons. The van der Waals surface area contributed by atoms with Crippen molar-refractivity contribution in [3.8, 4) is 22.6 Å². The molecule has 0 aliphatic heterocycles. The summed E-state index contributed by atoms with van der Waals surface area (Å²) in [7, 11) is 2.88. The molecule has 0 bridgehead atoms. The lowest BCUT2D eigenvalue weighted by Gasteiger charge is -2.11. The summed E-state index contributed by atoms with van der Waals surface area (Å²) in [5.41, 5.74) is 2.20. The predicted molar refractivity (Wildman–Crippen MR) is 233 cm³/mol. The van der Waals surface area contributed by atoms with E-state index in [2.05, 4.69) is 69.0 Å². The Morgan fingerprint density at radius 3 is 1.62 bits per heavy atom. The molecule has 3 rings (SSSR count). The number of rotatable bonds is 25. The van der Waals surface area contributed by atoms with Gasteiger partial charge in [-0.05, 0) is 54.8 Å². The van der Waals surface area contributed by atoms with Crippen LogP contribution in [0.1, 0.15) is 32.1 Å². The first-order chi connectivity index (χ1) is 29.4. The van der Waals surface area contributed by atoms with Crippen LogP contribution in [0.25, 0.3) is 11.1 Å². The first-order valence-electron chi connectivity index (χ1n) is 18.8. The summed E-state index contributed by atoms with van der Waals surface area (Å²) in [6.07, 6.45) is 8.12. The van der Waals surface area contributed by atoms with Crippen LogP contribution in [-0.4, -0.2) is 94.2 Å². The van der Waals surface area contributed by atoms with Gasteiger partial charge in [-0.1, -0.05) is 99.6 Å². The summed E-state index contributed by atoms with van der Waals surface area (Å²) in [5, 5.41) is 8.28. The second kappa shape index (κ2) is 40.1. The van der Waals surface area contributed by atoms with Crippen LogP contribution in [0.4, 0.5) is 0 Å². The van der Waals surface area contributed by atoms with Crippen molar-refractivity contribution in [1.29, 1.82) is 0 Å². The van der Waals surface area contributed by atoms with E-state index in [1.807, 2.05) is 60.7 Å². The predicted octanol–water partition coefficient (Wildman–Crippen LogP) is 7.74. The molecule has 0 fully saturated rings. The highest BCUT2D eigenvalue weighted by molar-refractivity contribution is 5.90. The zero-order chi connectivity index (χ0) is 45.9. The lowest BCUT2D eigenvalue weighted by molar-refractivity contribution is -0.298. The molecule has 14 heteroatoms. The number of carboxylic acid groups (broad SMARTS) is 1. The number of ether oxygens (including phenoxy) is 5. The molecule has 0 aliphatic rings. The van der Waals surface area contributed by atoms with Crippen LogP contribution in [0.5, 0.6) is 11.5 Å². The Balaban J connectivity index is 0. The fourth-order valence-electron chi connectivity index (χ4n) is 3.73. The van der Waals surface area contributed by atoms with E-state index in [9.17, 15) is 28.8 Å². The normalized spacial score (nSPS) is 9.21. The number of hydrogen-bond donors (Lipinski definition) is 1. The van der Waals surface area contributed by atoms with E-state index in [-0.39, 0.29) is 50.2 Å². The molecular formula is C47H58O14. The number of esters is 2. The Hall–Kier alpha value is -6.74. The molecule has 0 heterocycles. The Kier molecular flexibility index (Phi) is 37.0. The molecule has 330 valence electrons. The Labute approximate surface area is 358 Å². The van der Waals surface area contributed by atoms with E-state index in [4.69, 9.17) is 14.6 Å². The van der Waals surface area contributed by atoms with Crippen molar-refractivity contribution < 1.29 is 67.3 Å². The fraction of sp³-hybridized carbons (Fsp3) is 0.277. The van der Waals surface area contributed by atoms with Crippen LogP contribution in [0.15, 0.2) is 148 Å². The van der Waals surface area contributed by atoms with E-state index in [1.54, 1.807) is 19.2 Å². The van der Waals surface area contributed by atoms with Crippen molar-refractivity contribution in [2.45, 2.75) is 32.1 Å². The molecule has 0 amide bonds. The van der Waals surface area contributed by atoms with Gasteiger partial charge in [0.05, 0.1) is 26.9 Å². The van der Waals surface area contributed by atoms with Gasteiger partial charge in [0.2, 0.25) is 0 Å². The molecule has 0 saturated carbocycles. The number of carbonyl (C=O) groups is 6. The number of carboxylic acids is 1. The molecule has 61 heavy (non-hydrogen) atoms. The fourth-order valence-corrected chi connectivity index (χ4v) is 3.73. The Morgan fingerprint density at radius 1 is 0.541 bits per heavy atom. The van der Waals surface area contributed by atoms with Crippen LogP contribution in [0.3, 0.4) is 0 Å². The van der Waals surface area contributed by atoms with Crippen LogP contribution in [0, 0.1) is 0 Å². The van der Waals surface area contributed by atoms with Gasteiger partial charge in [-0.25, -0.2) is 19.4 Å². The first-order valence-corrected chi connectivity index (χ1v) is 18.8. The van der Waals surface area contributed by atoms with Crippen molar-refractivity contribution in [3.05, 3.63) is 148 Å². The minimum atomic E-state index is -0.876. The van der Waals surface area contributed by atoms with Gasteiger partial charge in [-0.3, -0.25) is 19.2 Å². The lowest BCUT2D eigenvalue weighted by Crippen LogP contribution is -2.09. The SMILES string of the molecule is C=CC(=O)CCCOc1ccccc1-c1ccccc1.C=CC(=O)CCOC.C=CC(=O)COc1ccccc1.C=CC(=O)OC.C=CC(=O)OCCOOCCCC(=O)O. The van der Waals surface area contributed by atoms with Crippen LogP contribution in [0.2, 0.25) is 0 Å². The molecule has 0 atom stereocenters. The van der Waals surface area contributed by atoms with Gasteiger partial charge in [-0.2, -0.15) is 0 Å². The largest absolute Gasteiger partial charge is 0.493 e. The number of para-hydroxylation sites is 2. The van der Waals surface area contributed by atoms with E-state index >= 15 is 0 Å². The second-order valence-electron chi connectivity index (χ2n) is 11.4. The standard InChI is InChI=1S/C18H18O2.C10H10O2.C9H14O6.C6H10O2.C4H6O2/c1-2-16(19)11-8-14-20-18-13-7-6-12-17(18)15-9-4-3-5-10-15;1-2-9(11)8-12-10-6-4-3-5-7-10;1-2-9(12)13-6-7-15-14-5-3-4-8(10)11;1-3-6(7)4-5-8-2;1-3-4(5)6-2/h2-7,9-10,12-13H,1,8,11,14H2;2-7H,1,8H2;2H,1,3-7H2,(H,10,11);3H,1,4-5H2,2H3;3H,1H2,2H3. The maximum atomic E-state index is 11.1. The summed E-state index contributed by atoms with van der Waals surface area (Å²) >= 11 is 0. The third-order valence-corrected chi connectivity index (χ3v) is 6.80. The quantitative estimate of drug-likeness (QED) is 0.0287. The molecule has 0 unspecified atom stereocenters. The summed E-state index contributed by atoms with van der Waals surface area (Å²) in [4.78, 5) is 71.9. The van der Waals surface area contributed by atoms with Crippen LogP contribution in [-0.2, 0) is 52.8 Å². The molecule has 0 aliphatic carbocycles. The van der Waals surface area contributed by atoms with Gasteiger partial charge in [-0.15, -0.1) is 0 Å². The molecule has 1 N–H and O–H groups in total. The van der Waals surface area contributed by atoms with Crippen molar-refractivity contribution >= 4 is 35.3 Å². The molecule has 0 aromatic heterocycles. The average molecular weight is 847 g/mol. The van der Waals surface area contributed by atoms with Gasteiger partial charge in [0, 0.05) is 44.1 Å². The number of benzene rings is 3. The molecule has 0 spiro atoms. The maximum absolute atomic E-state index is 11.1. The van der Waals surface area contributed by atoms with Crippen molar-refractivity contribution in [1.82, 2.24) is 0 Å². The van der Waals surface area contributed by atoms with Gasteiger partial charge < -0.3 is 28.8 Å². The zero-order valence-electron chi connectivity index (χ0n) is 35.0. The summed E-state index contributed by atoms with van der Waals surface area (Å²) in [5.74, 6) is -0.258. The number of ketones is 3. The van der Waals surface area contributed by atoms with E-state index in [1.165, 1.54) is 25.3 Å². The highest BCUT2D eigenvalue weighted by Gasteiger charge is 2.05.